The number of carbonyl (C=O) groups excluding carboxylic acids is 2. The van der Waals surface area contributed by atoms with Gasteiger partial charge in [-0.15, -0.1) is 5.10 Å². The zero-order chi connectivity index (χ0) is 20.4. The van der Waals surface area contributed by atoms with Gasteiger partial charge in [0.1, 0.15) is 6.04 Å². The minimum Gasteiger partial charge on any atom is -0.464 e. The lowest BCUT2D eigenvalue weighted by atomic mass is 10.1. The van der Waals surface area contributed by atoms with Crippen molar-refractivity contribution in [2.24, 2.45) is 0 Å². The highest BCUT2D eigenvalue weighted by Crippen LogP contribution is 2.16. The van der Waals surface area contributed by atoms with E-state index in [0.29, 0.717) is 35.0 Å². The standard InChI is InChI=1S/C19H16ClN5O4/c20-12-2-1-3-14(10-12)25-19(28)23-18(24-25)21-13-6-4-11(5-7-13)16(26)22-15-8-9-29-17(15)27/h1-7,10,15H,8-9H2,(H,22,26)(H2,21,23,24,28). The van der Waals surface area contributed by atoms with Crippen molar-refractivity contribution in [2.45, 2.75) is 12.5 Å². The molecule has 1 amide bonds. The number of esters is 1. The van der Waals surface area contributed by atoms with E-state index < -0.39 is 17.7 Å². The summed E-state index contributed by atoms with van der Waals surface area (Å²) in [5.74, 6) is -0.546. The van der Waals surface area contributed by atoms with Crippen molar-refractivity contribution in [1.82, 2.24) is 20.1 Å². The van der Waals surface area contributed by atoms with Gasteiger partial charge >= 0.3 is 11.7 Å². The number of ether oxygens (including phenoxy) is 1. The van der Waals surface area contributed by atoms with Gasteiger partial charge in [-0.3, -0.25) is 9.78 Å². The molecule has 148 valence electrons. The Balaban J connectivity index is 1.45. The first-order chi connectivity index (χ1) is 14.0. The molecule has 0 bridgehead atoms. The van der Waals surface area contributed by atoms with Crippen LogP contribution in [0.4, 0.5) is 11.6 Å². The molecule has 2 aromatic carbocycles. The van der Waals surface area contributed by atoms with E-state index in [1.165, 1.54) is 4.68 Å². The van der Waals surface area contributed by atoms with E-state index >= 15 is 0 Å². The number of nitrogens with one attached hydrogen (secondary N) is 3. The molecular formula is C19H16ClN5O4. The van der Waals surface area contributed by atoms with Crippen LogP contribution < -0.4 is 16.3 Å². The smallest absolute Gasteiger partial charge is 0.349 e. The number of aromatic nitrogens is 3. The van der Waals surface area contributed by atoms with Crippen LogP contribution in [-0.2, 0) is 9.53 Å². The van der Waals surface area contributed by atoms with Crippen LogP contribution in [0.5, 0.6) is 0 Å². The number of nitrogens with zero attached hydrogens (tertiary/aromatic N) is 2. The second kappa shape index (κ2) is 7.80. The number of amides is 1. The molecule has 1 unspecified atom stereocenters. The maximum absolute atomic E-state index is 12.2. The van der Waals surface area contributed by atoms with Gasteiger partial charge in [0.2, 0.25) is 5.95 Å². The Kier molecular flexibility index (Phi) is 5.05. The van der Waals surface area contributed by atoms with Crippen molar-refractivity contribution >= 4 is 35.1 Å². The second-order valence-electron chi connectivity index (χ2n) is 6.36. The molecule has 1 fully saturated rings. The van der Waals surface area contributed by atoms with Gasteiger partial charge in [-0.25, -0.2) is 9.59 Å². The van der Waals surface area contributed by atoms with Crippen molar-refractivity contribution in [3.05, 3.63) is 69.6 Å². The summed E-state index contributed by atoms with van der Waals surface area (Å²) in [5.41, 5.74) is 1.13. The summed E-state index contributed by atoms with van der Waals surface area (Å²) in [6.45, 7) is 0.312. The number of rotatable bonds is 5. The maximum Gasteiger partial charge on any atom is 0.349 e. The van der Waals surface area contributed by atoms with Crippen LogP contribution in [0.2, 0.25) is 5.02 Å². The monoisotopic (exact) mass is 413 g/mol. The summed E-state index contributed by atoms with van der Waals surface area (Å²) in [6, 6.07) is 12.7. The first-order valence-corrected chi connectivity index (χ1v) is 9.17. The quantitative estimate of drug-likeness (QED) is 0.550. The van der Waals surface area contributed by atoms with E-state index in [9.17, 15) is 14.4 Å². The van der Waals surface area contributed by atoms with E-state index in [-0.39, 0.29) is 11.9 Å². The van der Waals surface area contributed by atoms with Crippen molar-refractivity contribution in [3.63, 3.8) is 0 Å². The van der Waals surface area contributed by atoms with Gasteiger partial charge in [0.25, 0.3) is 5.91 Å². The number of halogens is 1. The normalized spacial score (nSPS) is 15.8. The number of anilines is 2. The summed E-state index contributed by atoms with van der Waals surface area (Å²) in [5, 5.41) is 10.3. The molecule has 29 heavy (non-hydrogen) atoms. The number of hydrogen-bond donors (Lipinski definition) is 3. The predicted octanol–water partition coefficient (Wildman–Crippen LogP) is 2.00. The average Bonchev–Trinajstić information content (AvgIpc) is 3.27. The van der Waals surface area contributed by atoms with Gasteiger partial charge in [-0.1, -0.05) is 17.7 Å². The van der Waals surface area contributed by atoms with Crippen LogP contribution in [0.25, 0.3) is 5.69 Å². The fraction of sp³-hybridized carbons (Fsp3) is 0.158. The summed E-state index contributed by atoms with van der Waals surface area (Å²) < 4.78 is 6.02. The van der Waals surface area contributed by atoms with Crippen LogP contribution in [0.1, 0.15) is 16.8 Å². The van der Waals surface area contributed by atoms with Crippen LogP contribution in [-0.4, -0.2) is 39.3 Å². The largest absolute Gasteiger partial charge is 0.464 e. The molecule has 10 heteroatoms. The number of aromatic amines is 1. The first kappa shape index (κ1) is 18.8. The van der Waals surface area contributed by atoms with Gasteiger partial charge < -0.3 is 15.4 Å². The highest BCUT2D eigenvalue weighted by atomic mass is 35.5. The summed E-state index contributed by atoms with van der Waals surface area (Å²) in [4.78, 5) is 38.5. The van der Waals surface area contributed by atoms with Crippen LogP contribution in [0.15, 0.2) is 53.3 Å². The van der Waals surface area contributed by atoms with Gasteiger partial charge in [0.15, 0.2) is 0 Å². The number of cyclic esters (lactones) is 1. The predicted molar refractivity (Wildman–Crippen MR) is 106 cm³/mol. The van der Waals surface area contributed by atoms with E-state index in [1.807, 2.05) is 0 Å². The molecule has 0 spiro atoms. The fourth-order valence-corrected chi connectivity index (χ4v) is 3.06. The molecule has 0 saturated carbocycles. The molecule has 1 saturated heterocycles. The first-order valence-electron chi connectivity index (χ1n) is 8.79. The third kappa shape index (κ3) is 4.14. The highest BCUT2D eigenvalue weighted by molar-refractivity contribution is 6.30. The molecule has 3 N–H and O–H groups in total. The Labute approximate surface area is 169 Å². The third-order valence-electron chi connectivity index (χ3n) is 4.32. The molecule has 0 radical (unpaired) electrons. The Morgan fingerprint density at radius 3 is 2.69 bits per heavy atom. The lowest BCUT2D eigenvalue weighted by Crippen LogP contribution is -2.37. The number of benzene rings is 2. The second-order valence-corrected chi connectivity index (χ2v) is 6.79. The van der Waals surface area contributed by atoms with Crippen molar-refractivity contribution in [3.8, 4) is 5.69 Å². The van der Waals surface area contributed by atoms with E-state index in [0.717, 1.165) is 0 Å². The van der Waals surface area contributed by atoms with Gasteiger partial charge in [0, 0.05) is 22.7 Å². The molecule has 1 aliphatic rings. The SMILES string of the molecule is O=C(NC1CCOC1=O)c1ccc(Nc2nn(-c3cccc(Cl)c3)c(=O)[nH]2)cc1. The Bertz CT molecular complexity index is 1120. The van der Waals surface area contributed by atoms with Crippen LogP contribution in [0, 0.1) is 0 Å². The fourth-order valence-electron chi connectivity index (χ4n) is 2.87. The molecule has 3 aromatic rings. The van der Waals surface area contributed by atoms with Gasteiger partial charge in [-0.2, -0.15) is 4.68 Å². The number of carbonyl (C=O) groups is 2. The highest BCUT2D eigenvalue weighted by Gasteiger charge is 2.28. The molecule has 1 aliphatic heterocycles. The van der Waals surface area contributed by atoms with Crippen molar-refractivity contribution in [1.29, 1.82) is 0 Å². The van der Waals surface area contributed by atoms with E-state index in [1.54, 1.807) is 48.5 Å². The zero-order valence-corrected chi connectivity index (χ0v) is 15.8. The van der Waals surface area contributed by atoms with Crippen LogP contribution >= 0.6 is 11.6 Å². The van der Waals surface area contributed by atoms with Crippen molar-refractivity contribution < 1.29 is 14.3 Å². The zero-order valence-electron chi connectivity index (χ0n) is 15.0. The lowest BCUT2D eigenvalue weighted by Gasteiger charge is -2.09. The minimum atomic E-state index is -0.610. The molecule has 0 aliphatic carbocycles. The lowest BCUT2D eigenvalue weighted by molar-refractivity contribution is -0.139. The number of H-pyrrole nitrogens is 1. The summed E-state index contributed by atoms with van der Waals surface area (Å²) >= 11 is 5.96. The Hall–Kier alpha value is -3.59. The molecule has 2 heterocycles. The molecule has 9 nitrogen and oxygen atoms in total. The average molecular weight is 414 g/mol. The molecule has 1 atom stereocenters. The molecule has 1 aromatic heterocycles. The Morgan fingerprint density at radius 1 is 1.21 bits per heavy atom. The van der Waals surface area contributed by atoms with E-state index in [2.05, 4.69) is 20.7 Å². The third-order valence-corrected chi connectivity index (χ3v) is 4.56. The van der Waals surface area contributed by atoms with Gasteiger partial charge in [0.05, 0.1) is 12.3 Å². The van der Waals surface area contributed by atoms with Crippen LogP contribution in [0.3, 0.4) is 0 Å². The summed E-state index contributed by atoms with van der Waals surface area (Å²) in [7, 11) is 0. The Morgan fingerprint density at radius 2 is 2.00 bits per heavy atom. The maximum atomic E-state index is 12.2. The topological polar surface area (TPSA) is 118 Å². The van der Waals surface area contributed by atoms with E-state index in [4.69, 9.17) is 16.3 Å². The number of hydrogen-bond acceptors (Lipinski definition) is 6. The van der Waals surface area contributed by atoms with Gasteiger partial charge in [-0.05, 0) is 42.5 Å². The minimum absolute atomic E-state index is 0.237. The summed E-state index contributed by atoms with van der Waals surface area (Å²) in [6.07, 6.45) is 0.465. The van der Waals surface area contributed by atoms with Crippen molar-refractivity contribution in [2.75, 3.05) is 11.9 Å². The molecular weight excluding hydrogens is 398 g/mol. The molecule has 4 rings (SSSR count).